The minimum Gasteiger partial charge on any atom is -0.310 e. The Kier molecular flexibility index (Phi) is 5.15. The van der Waals surface area contributed by atoms with Crippen molar-refractivity contribution in [1.82, 2.24) is 0 Å². The zero-order chi connectivity index (χ0) is 24.8. The second kappa shape index (κ2) is 8.80. The molecule has 0 saturated carbocycles. The molecule has 6 aromatic carbocycles. The molecule has 0 N–H and O–H groups in total. The van der Waals surface area contributed by atoms with Gasteiger partial charge in [-0.2, -0.15) is 0 Å². The summed E-state index contributed by atoms with van der Waals surface area (Å²) in [5.41, 5.74) is 12.7. The van der Waals surface area contributed by atoms with Crippen LogP contribution in [0.4, 0.5) is 17.1 Å². The molecule has 0 fully saturated rings. The Hall–Kier alpha value is -4.62. The highest BCUT2D eigenvalue weighted by atomic mass is 15.2. The Morgan fingerprint density at radius 3 is 1.73 bits per heavy atom. The minimum absolute atomic E-state index is 0.912. The number of aryl methyl sites for hydroxylation is 1. The summed E-state index contributed by atoms with van der Waals surface area (Å²) < 4.78 is 0. The molecule has 0 aromatic heterocycles. The van der Waals surface area contributed by atoms with E-state index >= 15 is 0 Å². The van der Waals surface area contributed by atoms with Crippen molar-refractivity contribution in [3.8, 4) is 22.3 Å². The van der Waals surface area contributed by atoms with Gasteiger partial charge in [-0.15, -0.1) is 0 Å². The summed E-state index contributed by atoms with van der Waals surface area (Å²) in [6.07, 6.45) is 0.912. The summed E-state index contributed by atoms with van der Waals surface area (Å²) in [6, 6.07) is 48.8. The molecule has 1 aliphatic rings. The normalized spacial score (nSPS) is 12.3. The summed E-state index contributed by atoms with van der Waals surface area (Å²) in [7, 11) is 0. The van der Waals surface area contributed by atoms with E-state index in [4.69, 9.17) is 0 Å². The van der Waals surface area contributed by atoms with Gasteiger partial charge in [-0.05, 0) is 93.5 Å². The molecule has 0 unspecified atom stereocenters. The van der Waals surface area contributed by atoms with Gasteiger partial charge in [0.05, 0.1) is 0 Å². The van der Waals surface area contributed by atoms with Gasteiger partial charge in [0.25, 0.3) is 0 Å². The quantitative estimate of drug-likeness (QED) is 0.247. The van der Waals surface area contributed by atoms with Gasteiger partial charge in [0.2, 0.25) is 0 Å². The van der Waals surface area contributed by atoms with Crippen LogP contribution in [0.15, 0.2) is 133 Å². The van der Waals surface area contributed by atoms with Crippen molar-refractivity contribution in [2.45, 2.75) is 13.3 Å². The molecule has 1 aliphatic heterocycles. The molecule has 1 heterocycles. The van der Waals surface area contributed by atoms with Crippen LogP contribution in [0, 0.1) is 6.92 Å². The first kappa shape index (κ1) is 21.6. The molecular formula is C36H27N. The summed E-state index contributed by atoms with van der Waals surface area (Å²) in [5.74, 6) is 0. The van der Waals surface area contributed by atoms with Crippen LogP contribution < -0.4 is 4.90 Å². The van der Waals surface area contributed by atoms with Crippen molar-refractivity contribution in [3.63, 3.8) is 0 Å². The monoisotopic (exact) mass is 473 g/mol. The lowest BCUT2D eigenvalue weighted by Crippen LogP contribution is -2.18. The maximum Gasteiger partial charge on any atom is 0.0497 e. The zero-order valence-electron chi connectivity index (χ0n) is 20.9. The van der Waals surface area contributed by atoms with E-state index in [0.717, 1.165) is 6.42 Å². The summed E-state index contributed by atoms with van der Waals surface area (Å²) >= 11 is 0. The minimum atomic E-state index is 0.912. The molecule has 1 nitrogen and oxygen atoms in total. The number of hydrogen-bond donors (Lipinski definition) is 0. The first-order valence-corrected chi connectivity index (χ1v) is 12.9. The molecule has 0 spiro atoms. The zero-order valence-corrected chi connectivity index (χ0v) is 20.9. The smallest absolute Gasteiger partial charge is 0.0497 e. The van der Waals surface area contributed by atoms with Gasteiger partial charge < -0.3 is 4.90 Å². The first-order chi connectivity index (χ1) is 18.2. The fourth-order valence-corrected chi connectivity index (χ4v) is 5.56. The van der Waals surface area contributed by atoms with Gasteiger partial charge in [-0.25, -0.2) is 0 Å². The van der Waals surface area contributed by atoms with Gasteiger partial charge >= 0.3 is 0 Å². The fourth-order valence-electron chi connectivity index (χ4n) is 5.56. The third kappa shape index (κ3) is 3.90. The number of fused-ring (bicyclic) bond motifs is 3. The average Bonchev–Trinajstić information content (AvgIpc) is 2.96. The third-order valence-corrected chi connectivity index (χ3v) is 7.50. The molecule has 0 aliphatic carbocycles. The number of anilines is 3. The maximum absolute atomic E-state index is 2.42. The Bertz CT molecular complexity index is 1750. The van der Waals surface area contributed by atoms with Crippen molar-refractivity contribution >= 4 is 27.8 Å². The maximum atomic E-state index is 2.42. The molecule has 1 heteroatoms. The molecule has 0 atom stereocenters. The lowest BCUT2D eigenvalue weighted by molar-refractivity contribution is 1.09. The van der Waals surface area contributed by atoms with Crippen LogP contribution in [0.2, 0.25) is 0 Å². The highest BCUT2D eigenvalue weighted by molar-refractivity contribution is 5.90. The van der Waals surface area contributed by atoms with Crippen LogP contribution in [0.5, 0.6) is 0 Å². The standard InChI is InChI=1S/C36H27N/c1-25-11-17-34(18-12-25)37-35-19-15-29(26-7-3-2-4-8-26)22-32(35)24-33-23-31(16-20-36(33)37)30-14-13-27-9-5-6-10-28(27)21-30/h2-23H,24H2,1H3. The largest absolute Gasteiger partial charge is 0.310 e. The van der Waals surface area contributed by atoms with Gasteiger partial charge in [-0.3, -0.25) is 0 Å². The fraction of sp³-hybridized carbons (Fsp3) is 0.0556. The van der Waals surface area contributed by atoms with Gasteiger partial charge in [0.15, 0.2) is 0 Å². The van der Waals surface area contributed by atoms with E-state index in [2.05, 4.69) is 145 Å². The molecule has 37 heavy (non-hydrogen) atoms. The number of nitrogens with zero attached hydrogens (tertiary/aromatic N) is 1. The van der Waals surface area contributed by atoms with Gasteiger partial charge in [0.1, 0.15) is 0 Å². The second-order valence-corrected chi connectivity index (χ2v) is 9.96. The van der Waals surface area contributed by atoms with Gasteiger partial charge in [0, 0.05) is 23.5 Å². The van der Waals surface area contributed by atoms with Crippen LogP contribution in [0.25, 0.3) is 33.0 Å². The molecule has 0 amide bonds. The van der Waals surface area contributed by atoms with Crippen LogP contribution >= 0.6 is 0 Å². The van der Waals surface area contributed by atoms with Gasteiger partial charge in [-0.1, -0.05) is 96.6 Å². The SMILES string of the molecule is Cc1ccc(N2c3ccc(-c4ccccc4)cc3Cc3cc(-c4ccc5ccccc5c4)ccc32)cc1. The average molecular weight is 474 g/mol. The molecular weight excluding hydrogens is 446 g/mol. The predicted molar refractivity (Wildman–Crippen MR) is 157 cm³/mol. The van der Waals surface area contributed by atoms with E-state index in [9.17, 15) is 0 Å². The topological polar surface area (TPSA) is 3.24 Å². The van der Waals surface area contributed by atoms with E-state index in [0.29, 0.717) is 0 Å². The van der Waals surface area contributed by atoms with E-state index in [1.807, 2.05) is 0 Å². The molecule has 7 rings (SSSR count). The second-order valence-electron chi connectivity index (χ2n) is 9.96. The molecule has 0 saturated heterocycles. The molecule has 176 valence electrons. The van der Waals surface area contributed by atoms with Crippen molar-refractivity contribution in [3.05, 3.63) is 150 Å². The molecule has 0 radical (unpaired) electrons. The Morgan fingerprint density at radius 1 is 0.459 bits per heavy atom. The lowest BCUT2D eigenvalue weighted by Gasteiger charge is -2.34. The summed E-state index contributed by atoms with van der Waals surface area (Å²) in [4.78, 5) is 2.42. The number of hydrogen-bond acceptors (Lipinski definition) is 1. The van der Waals surface area contributed by atoms with E-state index < -0.39 is 0 Å². The van der Waals surface area contributed by atoms with E-state index in [-0.39, 0.29) is 0 Å². The van der Waals surface area contributed by atoms with E-state index in [1.165, 1.54) is 66.8 Å². The van der Waals surface area contributed by atoms with Crippen molar-refractivity contribution < 1.29 is 0 Å². The highest BCUT2D eigenvalue weighted by Gasteiger charge is 2.25. The number of benzene rings is 6. The van der Waals surface area contributed by atoms with Crippen LogP contribution in [-0.2, 0) is 6.42 Å². The third-order valence-electron chi connectivity index (χ3n) is 7.50. The molecule has 0 bridgehead atoms. The Labute approximate surface area is 218 Å². The van der Waals surface area contributed by atoms with Crippen molar-refractivity contribution in [2.24, 2.45) is 0 Å². The summed E-state index contributed by atoms with van der Waals surface area (Å²) in [6.45, 7) is 2.14. The van der Waals surface area contributed by atoms with Crippen molar-refractivity contribution in [1.29, 1.82) is 0 Å². The van der Waals surface area contributed by atoms with E-state index in [1.54, 1.807) is 0 Å². The first-order valence-electron chi connectivity index (χ1n) is 12.9. The highest BCUT2D eigenvalue weighted by Crippen LogP contribution is 2.46. The van der Waals surface area contributed by atoms with Crippen LogP contribution in [0.3, 0.4) is 0 Å². The Morgan fingerprint density at radius 2 is 1.03 bits per heavy atom. The lowest BCUT2D eigenvalue weighted by atomic mass is 9.90. The van der Waals surface area contributed by atoms with Crippen LogP contribution in [0.1, 0.15) is 16.7 Å². The number of rotatable bonds is 3. The van der Waals surface area contributed by atoms with Crippen molar-refractivity contribution in [2.75, 3.05) is 4.90 Å². The van der Waals surface area contributed by atoms with Crippen LogP contribution in [-0.4, -0.2) is 0 Å². The molecule has 6 aromatic rings. The summed E-state index contributed by atoms with van der Waals surface area (Å²) in [5, 5.41) is 2.55. The Balaban J connectivity index is 1.37. The predicted octanol–water partition coefficient (Wildman–Crippen LogP) is 9.86.